The van der Waals surface area contributed by atoms with Gasteiger partial charge in [0.05, 0.1) is 17.9 Å². The lowest BCUT2D eigenvalue weighted by Crippen LogP contribution is -2.23. The van der Waals surface area contributed by atoms with Crippen LogP contribution in [-0.2, 0) is 9.53 Å². The number of amides is 2. The molecule has 0 heterocycles. The fourth-order valence-electron chi connectivity index (χ4n) is 1.23. The quantitative estimate of drug-likeness (QED) is 0.461. The molecule has 6 nitrogen and oxygen atoms in total. The van der Waals surface area contributed by atoms with Gasteiger partial charge in [0, 0.05) is 0 Å². The Morgan fingerprint density at radius 3 is 2.53 bits per heavy atom. The first-order chi connectivity index (χ1) is 8.06. The Hall–Kier alpha value is -2.37. The largest absolute Gasteiger partial charge is 0.460 e. The number of rotatable bonds is 4. The molecule has 0 aliphatic carbocycles. The van der Waals surface area contributed by atoms with Crippen molar-refractivity contribution in [3.05, 3.63) is 29.8 Å². The van der Waals surface area contributed by atoms with Crippen molar-refractivity contribution in [3.63, 3.8) is 0 Å². The average molecular weight is 236 g/mol. The molecule has 0 fully saturated rings. The van der Waals surface area contributed by atoms with Crippen LogP contribution in [0.4, 0.5) is 10.5 Å². The van der Waals surface area contributed by atoms with Gasteiger partial charge in [-0.2, -0.15) is 0 Å². The van der Waals surface area contributed by atoms with Gasteiger partial charge in [-0.15, -0.1) is 0 Å². The highest BCUT2D eigenvalue weighted by molar-refractivity contribution is 6.42. The van der Waals surface area contributed by atoms with Crippen LogP contribution in [0.25, 0.3) is 0 Å². The number of benzene rings is 1. The molecule has 0 aromatic heterocycles. The number of urea groups is 1. The molecule has 0 aliphatic rings. The third kappa shape index (κ3) is 3.30. The Morgan fingerprint density at radius 1 is 1.29 bits per heavy atom. The predicted octanol–water partition coefficient (Wildman–Crippen LogP) is 0.923. The molecule has 0 atom stereocenters. The van der Waals surface area contributed by atoms with Gasteiger partial charge in [0.2, 0.25) is 0 Å². The fraction of sp³-hybridized carbons (Fsp3) is 0.182. The Kier molecular flexibility index (Phi) is 4.21. The SMILES string of the molecule is CCOC(=O)C(=O)c1ccccc1NC(N)=O. The standard InChI is InChI=1S/C11H12N2O4/c1-2-17-10(15)9(14)7-5-3-4-6-8(7)13-11(12)16/h3-6H,2H2,1H3,(H3,12,13,16). The number of carbonyl (C=O) groups excluding carboxylic acids is 3. The zero-order chi connectivity index (χ0) is 12.8. The highest BCUT2D eigenvalue weighted by Gasteiger charge is 2.20. The van der Waals surface area contributed by atoms with E-state index in [1.54, 1.807) is 19.1 Å². The minimum atomic E-state index is -0.966. The summed E-state index contributed by atoms with van der Waals surface area (Å²) in [6.45, 7) is 1.70. The summed E-state index contributed by atoms with van der Waals surface area (Å²) in [6.07, 6.45) is 0. The molecule has 1 aromatic rings. The molecule has 1 rings (SSSR count). The topological polar surface area (TPSA) is 98.5 Å². The van der Waals surface area contributed by atoms with E-state index < -0.39 is 17.8 Å². The molecule has 0 unspecified atom stereocenters. The number of Topliss-reactive ketones (excluding diaryl/α,β-unsaturated/α-hetero) is 1. The Labute approximate surface area is 97.7 Å². The van der Waals surface area contributed by atoms with Crippen molar-refractivity contribution in [2.75, 3.05) is 11.9 Å². The van der Waals surface area contributed by atoms with Gasteiger partial charge in [0.15, 0.2) is 0 Å². The number of nitrogens with two attached hydrogens (primary N) is 1. The van der Waals surface area contributed by atoms with Gasteiger partial charge in [-0.1, -0.05) is 12.1 Å². The van der Waals surface area contributed by atoms with Crippen LogP contribution in [0.5, 0.6) is 0 Å². The molecule has 90 valence electrons. The number of carbonyl (C=O) groups is 3. The molecule has 3 N–H and O–H groups in total. The lowest BCUT2D eigenvalue weighted by molar-refractivity contribution is -0.137. The van der Waals surface area contributed by atoms with Crippen molar-refractivity contribution < 1.29 is 19.1 Å². The van der Waals surface area contributed by atoms with Crippen molar-refractivity contribution in [1.29, 1.82) is 0 Å². The van der Waals surface area contributed by atoms with Crippen molar-refractivity contribution in [3.8, 4) is 0 Å². The third-order valence-electron chi connectivity index (χ3n) is 1.89. The number of primary amides is 1. The smallest absolute Gasteiger partial charge is 0.379 e. The number of para-hydroxylation sites is 1. The molecular formula is C11H12N2O4. The van der Waals surface area contributed by atoms with E-state index in [2.05, 4.69) is 10.1 Å². The van der Waals surface area contributed by atoms with E-state index in [0.29, 0.717) is 0 Å². The zero-order valence-electron chi connectivity index (χ0n) is 9.23. The molecule has 17 heavy (non-hydrogen) atoms. The zero-order valence-corrected chi connectivity index (χ0v) is 9.23. The normalized spacial score (nSPS) is 9.47. The minimum absolute atomic E-state index is 0.0461. The maximum absolute atomic E-state index is 11.7. The molecular weight excluding hydrogens is 224 g/mol. The summed E-state index contributed by atoms with van der Waals surface area (Å²) in [4.78, 5) is 33.7. The summed E-state index contributed by atoms with van der Waals surface area (Å²) in [5.74, 6) is -1.79. The number of anilines is 1. The van der Waals surface area contributed by atoms with E-state index in [4.69, 9.17) is 5.73 Å². The Bertz CT molecular complexity index is 457. The van der Waals surface area contributed by atoms with Gasteiger partial charge < -0.3 is 15.8 Å². The first kappa shape index (κ1) is 12.7. The summed E-state index contributed by atoms with van der Waals surface area (Å²) in [5.41, 5.74) is 5.18. The Balaban J connectivity index is 3.00. The average Bonchev–Trinajstić information content (AvgIpc) is 2.28. The van der Waals surface area contributed by atoms with Gasteiger partial charge in [-0.05, 0) is 19.1 Å². The maximum atomic E-state index is 11.7. The van der Waals surface area contributed by atoms with Crippen LogP contribution < -0.4 is 11.1 Å². The minimum Gasteiger partial charge on any atom is -0.460 e. The molecule has 2 amide bonds. The van der Waals surface area contributed by atoms with Crippen molar-refractivity contribution in [2.45, 2.75) is 6.92 Å². The number of esters is 1. The molecule has 0 radical (unpaired) electrons. The molecule has 0 spiro atoms. The number of nitrogens with one attached hydrogen (secondary N) is 1. The van der Waals surface area contributed by atoms with Gasteiger partial charge in [0.1, 0.15) is 0 Å². The molecule has 0 saturated heterocycles. The van der Waals surface area contributed by atoms with Gasteiger partial charge in [-0.3, -0.25) is 4.79 Å². The summed E-state index contributed by atoms with van der Waals surface area (Å²) < 4.78 is 4.59. The number of hydrogen-bond acceptors (Lipinski definition) is 4. The highest BCUT2D eigenvalue weighted by atomic mass is 16.5. The molecule has 1 aromatic carbocycles. The summed E-state index contributed by atoms with van der Waals surface area (Å²) in [7, 11) is 0. The summed E-state index contributed by atoms with van der Waals surface area (Å²) in [6, 6.07) is 5.24. The summed E-state index contributed by atoms with van der Waals surface area (Å²) in [5, 5.41) is 2.26. The van der Waals surface area contributed by atoms with E-state index in [0.717, 1.165) is 0 Å². The highest BCUT2D eigenvalue weighted by Crippen LogP contribution is 2.15. The van der Waals surface area contributed by atoms with Crippen LogP contribution in [0, 0.1) is 0 Å². The second kappa shape index (κ2) is 5.64. The predicted molar refractivity (Wildman–Crippen MR) is 60.6 cm³/mol. The van der Waals surface area contributed by atoms with Crippen molar-refractivity contribution >= 4 is 23.5 Å². The van der Waals surface area contributed by atoms with Crippen LogP contribution in [0.15, 0.2) is 24.3 Å². The van der Waals surface area contributed by atoms with Crippen LogP contribution in [0.2, 0.25) is 0 Å². The molecule has 0 aliphatic heterocycles. The van der Waals surface area contributed by atoms with Gasteiger partial charge in [0.25, 0.3) is 5.78 Å². The van der Waals surface area contributed by atoms with E-state index in [9.17, 15) is 14.4 Å². The van der Waals surface area contributed by atoms with Crippen LogP contribution >= 0.6 is 0 Å². The second-order valence-electron chi connectivity index (χ2n) is 3.08. The maximum Gasteiger partial charge on any atom is 0.379 e. The first-order valence-electron chi connectivity index (χ1n) is 4.93. The van der Waals surface area contributed by atoms with E-state index >= 15 is 0 Å². The van der Waals surface area contributed by atoms with Gasteiger partial charge >= 0.3 is 12.0 Å². The molecule has 6 heteroatoms. The van der Waals surface area contributed by atoms with Crippen molar-refractivity contribution in [1.82, 2.24) is 0 Å². The van der Waals surface area contributed by atoms with E-state index in [1.165, 1.54) is 12.1 Å². The Morgan fingerprint density at radius 2 is 1.94 bits per heavy atom. The van der Waals surface area contributed by atoms with E-state index in [-0.39, 0.29) is 17.9 Å². The van der Waals surface area contributed by atoms with Gasteiger partial charge in [-0.25, -0.2) is 9.59 Å². The number of ether oxygens (including phenoxy) is 1. The lowest BCUT2D eigenvalue weighted by atomic mass is 10.1. The third-order valence-corrected chi connectivity index (χ3v) is 1.89. The second-order valence-corrected chi connectivity index (χ2v) is 3.08. The number of hydrogen-bond donors (Lipinski definition) is 2. The molecule has 0 saturated carbocycles. The van der Waals surface area contributed by atoms with Crippen LogP contribution in [0.1, 0.15) is 17.3 Å². The van der Waals surface area contributed by atoms with E-state index in [1.807, 2.05) is 0 Å². The van der Waals surface area contributed by atoms with Crippen LogP contribution in [-0.4, -0.2) is 24.4 Å². The fourth-order valence-corrected chi connectivity index (χ4v) is 1.23. The first-order valence-corrected chi connectivity index (χ1v) is 4.93. The van der Waals surface area contributed by atoms with Crippen LogP contribution in [0.3, 0.4) is 0 Å². The summed E-state index contributed by atoms with van der Waals surface area (Å²) >= 11 is 0. The van der Waals surface area contributed by atoms with Crippen molar-refractivity contribution in [2.24, 2.45) is 5.73 Å². The number of ketones is 1. The lowest BCUT2D eigenvalue weighted by Gasteiger charge is -2.07. The molecule has 0 bridgehead atoms. The monoisotopic (exact) mass is 236 g/mol.